The summed E-state index contributed by atoms with van der Waals surface area (Å²) in [6.07, 6.45) is 1.14. The first-order chi connectivity index (χ1) is 12.8. The van der Waals surface area contributed by atoms with Gasteiger partial charge < -0.3 is 15.0 Å². The van der Waals surface area contributed by atoms with Crippen molar-refractivity contribution < 1.29 is 17.9 Å². The zero-order valence-electron chi connectivity index (χ0n) is 16.2. The molecule has 27 heavy (non-hydrogen) atoms. The van der Waals surface area contributed by atoms with Gasteiger partial charge in [-0.2, -0.15) is 4.31 Å². The maximum atomic E-state index is 12.9. The second kappa shape index (κ2) is 8.16. The van der Waals surface area contributed by atoms with Gasteiger partial charge in [0.05, 0.1) is 12.0 Å². The van der Waals surface area contributed by atoms with Gasteiger partial charge in [-0.1, -0.05) is 0 Å². The van der Waals surface area contributed by atoms with Gasteiger partial charge in [0.1, 0.15) is 5.75 Å². The number of piperidine rings is 1. The van der Waals surface area contributed by atoms with Crippen molar-refractivity contribution in [3.63, 3.8) is 0 Å². The molecule has 2 saturated heterocycles. The third-order valence-corrected chi connectivity index (χ3v) is 7.73. The quantitative estimate of drug-likeness (QED) is 0.832. The Morgan fingerprint density at radius 3 is 2.33 bits per heavy atom. The van der Waals surface area contributed by atoms with Crippen LogP contribution in [0.3, 0.4) is 0 Å². The summed E-state index contributed by atoms with van der Waals surface area (Å²) in [6.45, 7) is 6.43. The van der Waals surface area contributed by atoms with Crippen LogP contribution in [0.5, 0.6) is 5.75 Å². The smallest absolute Gasteiger partial charge is 0.243 e. The van der Waals surface area contributed by atoms with Crippen LogP contribution in [0, 0.1) is 5.92 Å². The molecule has 7 nitrogen and oxygen atoms in total. The first-order valence-electron chi connectivity index (χ1n) is 9.52. The lowest BCUT2D eigenvalue weighted by atomic mass is 9.94. The second-order valence-electron chi connectivity index (χ2n) is 7.37. The van der Waals surface area contributed by atoms with Crippen molar-refractivity contribution in [1.29, 1.82) is 0 Å². The van der Waals surface area contributed by atoms with Gasteiger partial charge in [0.15, 0.2) is 0 Å². The van der Waals surface area contributed by atoms with Crippen molar-refractivity contribution in [1.82, 2.24) is 14.5 Å². The normalized spacial score (nSPS) is 25.4. The van der Waals surface area contributed by atoms with E-state index in [1.807, 2.05) is 4.90 Å². The molecular formula is C19H29N3O4S. The molecule has 1 amide bonds. The van der Waals surface area contributed by atoms with Gasteiger partial charge in [0, 0.05) is 44.2 Å². The van der Waals surface area contributed by atoms with E-state index in [1.165, 1.54) is 4.31 Å². The maximum absolute atomic E-state index is 12.9. The third kappa shape index (κ3) is 4.12. The first-order valence-corrected chi connectivity index (χ1v) is 11.0. The standard InChI is InChI=1S/C19H29N3O4S/c1-14-15(2)22(13-10-20-14)19(23)16-8-11-21(12-9-16)27(24,25)18-6-4-17(26-3)5-7-18/h4-7,14-16,20H,8-13H2,1-3H3. The van der Waals surface area contributed by atoms with Crippen molar-refractivity contribution in [3.05, 3.63) is 24.3 Å². The number of piperazine rings is 1. The summed E-state index contributed by atoms with van der Waals surface area (Å²) in [5.74, 6) is 0.690. The van der Waals surface area contributed by atoms with Crippen LogP contribution in [0.15, 0.2) is 29.2 Å². The van der Waals surface area contributed by atoms with Crippen LogP contribution in [0.25, 0.3) is 0 Å². The molecule has 1 aromatic rings. The molecule has 2 atom stereocenters. The summed E-state index contributed by atoms with van der Waals surface area (Å²) in [5.41, 5.74) is 0. The zero-order chi connectivity index (χ0) is 19.6. The summed E-state index contributed by atoms with van der Waals surface area (Å²) in [5, 5.41) is 3.38. The number of nitrogens with one attached hydrogen (secondary N) is 1. The highest BCUT2D eigenvalue weighted by atomic mass is 32.2. The van der Waals surface area contributed by atoms with Crippen molar-refractivity contribution in [2.24, 2.45) is 5.92 Å². The molecule has 0 bridgehead atoms. The van der Waals surface area contributed by atoms with E-state index in [2.05, 4.69) is 19.2 Å². The third-order valence-electron chi connectivity index (χ3n) is 5.82. The van der Waals surface area contributed by atoms with E-state index >= 15 is 0 Å². The number of methoxy groups -OCH3 is 1. The van der Waals surface area contributed by atoms with Crippen molar-refractivity contribution >= 4 is 15.9 Å². The number of amides is 1. The van der Waals surface area contributed by atoms with Gasteiger partial charge >= 0.3 is 0 Å². The maximum Gasteiger partial charge on any atom is 0.243 e. The summed E-state index contributed by atoms with van der Waals surface area (Å²) >= 11 is 0. The number of carbonyl (C=O) groups is 1. The monoisotopic (exact) mass is 395 g/mol. The van der Waals surface area contributed by atoms with Crippen LogP contribution < -0.4 is 10.1 Å². The Labute approximate surface area is 161 Å². The summed E-state index contributed by atoms with van der Waals surface area (Å²) in [7, 11) is -1.99. The van der Waals surface area contributed by atoms with Crippen molar-refractivity contribution in [2.75, 3.05) is 33.3 Å². The SMILES string of the molecule is COc1ccc(S(=O)(=O)N2CCC(C(=O)N3CCNC(C)C3C)CC2)cc1. The minimum absolute atomic E-state index is 0.0972. The lowest BCUT2D eigenvalue weighted by molar-refractivity contribution is -0.140. The number of ether oxygens (including phenoxy) is 1. The van der Waals surface area contributed by atoms with E-state index in [-0.39, 0.29) is 28.8 Å². The fourth-order valence-electron chi connectivity index (χ4n) is 3.84. The Balaban J connectivity index is 1.63. The highest BCUT2D eigenvalue weighted by Gasteiger charge is 2.36. The second-order valence-corrected chi connectivity index (χ2v) is 9.31. The van der Waals surface area contributed by atoms with Gasteiger partial charge in [-0.05, 0) is 51.0 Å². The van der Waals surface area contributed by atoms with E-state index < -0.39 is 10.0 Å². The zero-order valence-corrected chi connectivity index (χ0v) is 17.0. The lowest BCUT2D eigenvalue weighted by Crippen LogP contribution is -2.59. The molecule has 0 aliphatic carbocycles. The number of nitrogens with zero attached hydrogens (tertiary/aromatic N) is 2. The molecule has 2 fully saturated rings. The summed E-state index contributed by atoms with van der Waals surface area (Å²) in [6, 6.07) is 6.86. The van der Waals surface area contributed by atoms with Gasteiger partial charge in [-0.3, -0.25) is 4.79 Å². The molecule has 2 aliphatic rings. The van der Waals surface area contributed by atoms with Gasteiger partial charge in [-0.15, -0.1) is 0 Å². The van der Waals surface area contributed by atoms with E-state index in [0.717, 1.165) is 6.54 Å². The van der Waals surface area contributed by atoms with Gasteiger partial charge in [0.25, 0.3) is 0 Å². The van der Waals surface area contributed by atoms with Crippen LogP contribution >= 0.6 is 0 Å². The number of sulfonamides is 1. The van der Waals surface area contributed by atoms with Crippen LogP contribution in [0.2, 0.25) is 0 Å². The average Bonchev–Trinajstić information content (AvgIpc) is 2.69. The van der Waals surface area contributed by atoms with Crippen LogP contribution in [0.4, 0.5) is 0 Å². The Kier molecular flexibility index (Phi) is 6.08. The first kappa shape index (κ1) is 20.1. The van der Waals surface area contributed by atoms with Gasteiger partial charge in [0.2, 0.25) is 15.9 Å². The number of carbonyl (C=O) groups excluding carboxylic acids is 1. The van der Waals surface area contributed by atoms with Crippen LogP contribution in [-0.2, 0) is 14.8 Å². The molecule has 2 aliphatic heterocycles. The molecule has 3 rings (SSSR count). The predicted octanol–water partition coefficient (Wildman–Crippen LogP) is 1.30. The van der Waals surface area contributed by atoms with E-state index in [9.17, 15) is 13.2 Å². The molecule has 0 saturated carbocycles. The Morgan fingerprint density at radius 1 is 1.11 bits per heavy atom. The summed E-state index contributed by atoms with van der Waals surface area (Å²) < 4.78 is 32.3. The molecule has 2 heterocycles. The molecule has 0 aromatic heterocycles. The molecule has 1 aromatic carbocycles. The Hall–Kier alpha value is -1.64. The predicted molar refractivity (Wildman–Crippen MR) is 103 cm³/mol. The Bertz CT molecular complexity index is 758. The molecule has 150 valence electrons. The molecule has 8 heteroatoms. The fourth-order valence-corrected chi connectivity index (χ4v) is 5.31. The fraction of sp³-hybridized carbons (Fsp3) is 0.632. The number of benzene rings is 1. The van der Waals surface area contributed by atoms with Crippen molar-refractivity contribution in [2.45, 2.75) is 43.7 Å². The number of rotatable bonds is 4. The van der Waals surface area contributed by atoms with E-state index in [1.54, 1.807) is 31.4 Å². The Morgan fingerprint density at radius 2 is 1.74 bits per heavy atom. The van der Waals surface area contributed by atoms with Crippen molar-refractivity contribution in [3.8, 4) is 5.75 Å². The molecule has 0 spiro atoms. The lowest BCUT2D eigenvalue weighted by Gasteiger charge is -2.41. The average molecular weight is 396 g/mol. The highest BCUT2D eigenvalue weighted by Crippen LogP contribution is 2.27. The van der Waals surface area contributed by atoms with E-state index in [0.29, 0.717) is 38.2 Å². The summed E-state index contributed by atoms with van der Waals surface area (Å²) in [4.78, 5) is 15.1. The van der Waals surface area contributed by atoms with Crippen LogP contribution in [0.1, 0.15) is 26.7 Å². The van der Waals surface area contributed by atoms with Gasteiger partial charge in [-0.25, -0.2) is 8.42 Å². The largest absolute Gasteiger partial charge is 0.497 e. The minimum Gasteiger partial charge on any atom is -0.497 e. The topological polar surface area (TPSA) is 79.0 Å². The number of hydrogen-bond acceptors (Lipinski definition) is 5. The molecule has 2 unspecified atom stereocenters. The van der Waals surface area contributed by atoms with Crippen LogP contribution in [-0.4, -0.2) is 68.9 Å². The highest BCUT2D eigenvalue weighted by molar-refractivity contribution is 7.89. The molecular weight excluding hydrogens is 366 g/mol. The minimum atomic E-state index is -3.54. The molecule has 1 N–H and O–H groups in total. The molecule has 0 radical (unpaired) electrons. The van der Waals surface area contributed by atoms with E-state index in [4.69, 9.17) is 4.74 Å². The number of hydrogen-bond donors (Lipinski definition) is 1.